The summed E-state index contributed by atoms with van der Waals surface area (Å²) in [4.78, 5) is 30.7. The fraction of sp³-hybridized carbons (Fsp3) is 0.450. The molecule has 7 nitrogen and oxygen atoms in total. The monoisotopic (exact) mass is 368 g/mol. The number of aliphatic hydroxyl groups is 1. The van der Waals surface area contributed by atoms with Gasteiger partial charge < -0.3 is 19.9 Å². The lowest BCUT2D eigenvalue weighted by molar-refractivity contribution is -0.123. The van der Waals surface area contributed by atoms with Crippen LogP contribution in [0.3, 0.4) is 0 Å². The average Bonchev–Trinajstić information content (AvgIpc) is 3.28. The molecule has 1 aliphatic carbocycles. The van der Waals surface area contributed by atoms with Crippen LogP contribution in [0.1, 0.15) is 28.8 Å². The molecule has 27 heavy (non-hydrogen) atoms. The Bertz CT molecular complexity index is 820. The second kappa shape index (κ2) is 7.52. The zero-order chi connectivity index (χ0) is 18.8. The molecule has 2 aromatic rings. The molecular formula is C20H24N4O3. The van der Waals surface area contributed by atoms with Gasteiger partial charge >= 0.3 is 0 Å². The molecule has 0 radical (unpaired) electrons. The first-order valence-corrected chi connectivity index (χ1v) is 9.40. The number of carbonyl (C=O) groups excluding carboxylic acids is 2. The number of nitrogens with one attached hydrogen (secondary N) is 1. The molecule has 0 saturated heterocycles. The van der Waals surface area contributed by atoms with Crippen molar-refractivity contribution in [1.29, 1.82) is 0 Å². The van der Waals surface area contributed by atoms with Crippen LogP contribution in [0.5, 0.6) is 0 Å². The molecule has 2 heterocycles. The van der Waals surface area contributed by atoms with Gasteiger partial charge in [0, 0.05) is 31.0 Å². The number of carbonyl (C=O) groups is 2. The topological polar surface area (TPSA) is 87.5 Å². The van der Waals surface area contributed by atoms with Crippen LogP contribution in [0.2, 0.25) is 0 Å². The lowest BCUT2D eigenvalue weighted by Crippen LogP contribution is -2.48. The first-order valence-electron chi connectivity index (χ1n) is 9.40. The van der Waals surface area contributed by atoms with Crippen LogP contribution in [-0.4, -0.2) is 56.6 Å². The number of hydrogen-bond acceptors (Lipinski definition) is 4. The molecule has 1 aromatic carbocycles. The van der Waals surface area contributed by atoms with E-state index in [1.807, 2.05) is 35.0 Å². The third-order valence-corrected chi connectivity index (χ3v) is 5.52. The highest BCUT2D eigenvalue weighted by Crippen LogP contribution is 2.27. The van der Waals surface area contributed by atoms with E-state index in [-0.39, 0.29) is 24.4 Å². The molecule has 142 valence electrons. The van der Waals surface area contributed by atoms with Crippen molar-refractivity contribution >= 4 is 11.8 Å². The minimum Gasteiger partial charge on any atom is -0.391 e. The summed E-state index contributed by atoms with van der Waals surface area (Å²) in [6, 6.07) is 7.27. The van der Waals surface area contributed by atoms with Crippen LogP contribution >= 0.6 is 0 Å². The molecule has 1 saturated carbocycles. The fourth-order valence-corrected chi connectivity index (χ4v) is 4.17. The van der Waals surface area contributed by atoms with Crippen molar-refractivity contribution in [3.05, 3.63) is 54.1 Å². The van der Waals surface area contributed by atoms with Gasteiger partial charge in [-0.2, -0.15) is 0 Å². The maximum absolute atomic E-state index is 12.6. The smallest absolute Gasteiger partial charge is 0.254 e. The molecule has 1 aliphatic heterocycles. The predicted molar refractivity (Wildman–Crippen MR) is 98.9 cm³/mol. The predicted octanol–water partition coefficient (Wildman–Crippen LogP) is 0.837. The quantitative estimate of drug-likeness (QED) is 0.819. The molecule has 1 aromatic heterocycles. The van der Waals surface area contributed by atoms with E-state index in [9.17, 15) is 14.7 Å². The fourth-order valence-electron chi connectivity index (χ4n) is 4.17. The Balaban J connectivity index is 1.31. The lowest BCUT2D eigenvalue weighted by Gasteiger charge is -2.28. The molecule has 0 spiro atoms. The summed E-state index contributed by atoms with van der Waals surface area (Å²) in [5, 5.41) is 13.2. The summed E-state index contributed by atoms with van der Waals surface area (Å²) >= 11 is 0. The molecule has 3 atom stereocenters. The molecule has 4 rings (SSSR count). The summed E-state index contributed by atoms with van der Waals surface area (Å²) in [7, 11) is 0. The molecule has 7 heteroatoms. The SMILES string of the molecule is O=C(CN1CCc2ccccc2C1=O)N[C@@H]1CC(Cn2ccnc2)C[C@H]1O. The van der Waals surface area contributed by atoms with Gasteiger partial charge in [0.1, 0.15) is 0 Å². The molecule has 0 bridgehead atoms. The third-order valence-electron chi connectivity index (χ3n) is 5.52. The van der Waals surface area contributed by atoms with Crippen molar-refractivity contribution in [3.63, 3.8) is 0 Å². The van der Waals surface area contributed by atoms with Crippen LogP contribution < -0.4 is 5.32 Å². The van der Waals surface area contributed by atoms with E-state index in [1.54, 1.807) is 17.4 Å². The summed E-state index contributed by atoms with van der Waals surface area (Å²) < 4.78 is 1.99. The highest BCUT2D eigenvalue weighted by atomic mass is 16.3. The first-order chi connectivity index (χ1) is 13.1. The van der Waals surface area contributed by atoms with Gasteiger partial charge in [0.05, 0.1) is 25.0 Å². The van der Waals surface area contributed by atoms with E-state index in [1.165, 1.54) is 0 Å². The summed E-state index contributed by atoms with van der Waals surface area (Å²) in [6.45, 7) is 1.35. The van der Waals surface area contributed by atoms with Gasteiger partial charge in [0.15, 0.2) is 0 Å². The Hall–Kier alpha value is -2.67. The van der Waals surface area contributed by atoms with Crippen LogP contribution in [0.15, 0.2) is 43.0 Å². The molecule has 2 N–H and O–H groups in total. The summed E-state index contributed by atoms with van der Waals surface area (Å²) in [5.74, 6) is -0.0185. The number of aliphatic hydroxyl groups excluding tert-OH is 1. The zero-order valence-electron chi connectivity index (χ0n) is 15.1. The van der Waals surface area contributed by atoms with E-state index in [4.69, 9.17) is 0 Å². The van der Waals surface area contributed by atoms with Crippen LogP contribution in [0.4, 0.5) is 0 Å². The van der Waals surface area contributed by atoms with Gasteiger partial charge in [-0.05, 0) is 36.8 Å². The minimum atomic E-state index is -0.555. The molecule has 1 unspecified atom stereocenters. The van der Waals surface area contributed by atoms with Crippen LogP contribution in [-0.2, 0) is 17.8 Å². The average molecular weight is 368 g/mol. The second-order valence-electron chi connectivity index (χ2n) is 7.47. The van der Waals surface area contributed by atoms with Gasteiger partial charge in [-0.1, -0.05) is 18.2 Å². The van der Waals surface area contributed by atoms with Crippen molar-refractivity contribution in [2.45, 2.75) is 38.0 Å². The molecular weight excluding hydrogens is 344 g/mol. The number of rotatable bonds is 5. The van der Waals surface area contributed by atoms with Crippen molar-refractivity contribution in [2.75, 3.05) is 13.1 Å². The summed E-state index contributed by atoms with van der Waals surface area (Å²) in [6.07, 6.45) is 6.98. The van der Waals surface area contributed by atoms with E-state index in [0.717, 1.165) is 24.9 Å². The highest BCUT2D eigenvalue weighted by Gasteiger charge is 2.34. The van der Waals surface area contributed by atoms with Crippen molar-refractivity contribution in [1.82, 2.24) is 19.8 Å². The zero-order valence-corrected chi connectivity index (χ0v) is 15.1. The summed E-state index contributed by atoms with van der Waals surface area (Å²) in [5.41, 5.74) is 1.71. The Labute approximate surface area is 158 Å². The number of imidazole rings is 1. The number of amides is 2. The Morgan fingerprint density at radius 3 is 2.96 bits per heavy atom. The Kier molecular flexibility index (Phi) is 4.94. The molecule has 2 amide bonds. The number of benzene rings is 1. The standard InChI is InChI=1S/C20H24N4O3/c25-18-10-14(11-23-8-6-21-13-23)9-17(18)22-19(26)12-24-7-5-15-3-1-2-4-16(15)20(24)27/h1-4,6,8,13-14,17-18,25H,5,7,9-12H2,(H,22,26)/t14?,17-,18-/m1/s1. The maximum atomic E-state index is 12.6. The Morgan fingerprint density at radius 1 is 1.30 bits per heavy atom. The van der Waals surface area contributed by atoms with Gasteiger partial charge in [-0.3, -0.25) is 9.59 Å². The second-order valence-corrected chi connectivity index (χ2v) is 7.47. The number of hydrogen-bond donors (Lipinski definition) is 2. The normalized spacial score (nSPS) is 24.7. The number of aromatic nitrogens is 2. The molecule has 2 aliphatic rings. The van der Waals surface area contributed by atoms with Gasteiger partial charge in [-0.15, -0.1) is 0 Å². The van der Waals surface area contributed by atoms with Crippen molar-refractivity contribution in [3.8, 4) is 0 Å². The van der Waals surface area contributed by atoms with Crippen molar-refractivity contribution in [2.24, 2.45) is 5.92 Å². The highest BCUT2D eigenvalue weighted by molar-refractivity contribution is 5.98. The Morgan fingerprint density at radius 2 is 2.15 bits per heavy atom. The van der Waals surface area contributed by atoms with E-state index in [0.29, 0.717) is 24.4 Å². The molecule has 1 fully saturated rings. The maximum Gasteiger partial charge on any atom is 0.254 e. The van der Waals surface area contributed by atoms with E-state index < -0.39 is 6.10 Å². The lowest BCUT2D eigenvalue weighted by atomic mass is 9.99. The van der Waals surface area contributed by atoms with Crippen LogP contribution in [0.25, 0.3) is 0 Å². The first kappa shape index (κ1) is 17.7. The minimum absolute atomic E-state index is 0.0303. The van der Waals surface area contributed by atoms with Gasteiger partial charge in [0.25, 0.3) is 5.91 Å². The van der Waals surface area contributed by atoms with Crippen LogP contribution in [0, 0.1) is 5.92 Å². The van der Waals surface area contributed by atoms with Gasteiger partial charge in [-0.25, -0.2) is 4.98 Å². The third kappa shape index (κ3) is 3.88. The number of fused-ring (bicyclic) bond motifs is 1. The van der Waals surface area contributed by atoms with Crippen molar-refractivity contribution < 1.29 is 14.7 Å². The largest absolute Gasteiger partial charge is 0.391 e. The van der Waals surface area contributed by atoms with E-state index >= 15 is 0 Å². The van der Waals surface area contributed by atoms with E-state index in [2.05, 4.69) is 10.3 Å². The van der Waals surface area contributed by atoms with Gasteiger partial charge in [0.2, 0.25) is 5.91 Å². The number of nitrogens with zero attached hydrogens (tertiary/aromatic N) is 3.